The molecule has 41 heavy (non-hydrogen) atoms. The van der Waals surface area contributed by atoms with Gasteiger partial charge in [-0.2, -0.15) is 0 Å². The molecule has 0 unspecified atom stereocenters. The standard InChI is InChI=1S/C30H35Cl2N3O5S/c1-5-6-17-33-30(37)22(3)34(19-23-9-11-24(31)12-10-23)29(36)20-35(25-13-16-28(40-4)27(32)18-25)41(38,39)26-14-7-21(2)8-15-26/h7-16,18,22H,5-6,17,19-20H2,1-4H3,(H,33,37)/t22-/m1/s1. The minimum Gasteiger partial charge on any atom is -0.495 e. The molecule has 0 heterocycles. The van der Waals surface area contributed by atoms with Crippen molar-refractivity contribution in [3.05, 3.63) is 87.9 Å². The molecule has 0 aliphatic heterocycles. The second-order valence-electron chi connectivity index (χ2n) is 9.61. The van der Waals surface area contributed by atoms with E-state index < -0.39 is 28.5 Å². The molecule has 0 aliphatic rings. The monoisotopic (exact) mass is 619 g/mol. The number of amides is 2. The molecule has 2 amide bonds. The van der Waals surface area contributed by atoms with Gasteiger partial charge in [0.15, 0.2) is 0 Å². The number of hydrogen-bond acceptors (Lipinski definition) is 5. The lowest BCUT2D eigenvalue weighted by Crippen LogP contribution is -2.51. The number of nitrogens with one attached hydrogen (secondary N) is 1. The highest BCUT2D eigenvalue weighted by Crippen LogP contribution is 2.32. The molecule has 0 radical (unpaired) electrons. The average Bonchev–Trinajstić information content (AvgIpc) is 2.95. The molecule has 220 valence electrons. The number of benzene rings is 3. The maximum atomic E-state index is 14.0. The van der Waals surface area contributed by atoms with Crippen molar-refractivity contribution in [3.8, 4) is 5.75 Å². The van der Waals surface area contributed by atoms with Gasteiger partial charge in [0.05, 0.1) is 22.7 Å². The van der Waals surface area contributed by atoms with E-state index in [1.165, 1.54) is 42.3 Å². The molecule has 0 aliphatic carbocycles. The number of unbranched alkanes of at least 4 members (excludes halogenated alkanes) is 1. The minimum atomic E-state index is -4.21. The van der Waals surface area contributed by atoms with E-state index in [1.807, 2.05) is 13.8 Å². The number of hydrogen-bond donors (Lipinski definition) is 1. The first-order valence-corrected chi connectivity index (χ1v) is 15.4. The Labute approximate surface area is 252 Å². The Morgan fingerprint density at radius 3 is 2.24 bits per heavy atom. The zero-order valence-corrected chi connectivity index (χ0v) is 25.9. The summed E-state index contributed by atoms with van der Waals surface area (Å²) in [5.74, 6) is -0.543. The summed E-state index contributed by atoms with van der Waals surface area (Å²) in [6.07, 6.45) is 1.70. The molecule has 0 fully saturated rings. The van der Waals surface area contributed by atoms with Crippen molar-refractivity contribution < 1.29 is 22.7 Å². The number of methoxy groups -OCH3 is 1. The third-order valence-corrected chi connectivity index (χ3v) is 8.91. The molecule has 1 N–H and O–H groups in total. The van der Waals surface area contributed by atoms with Crippen LogP contribution in [-0.4, -0.2) is 51.4 Å². The Balaban J connectivity index is 2.03. The van der Waals surface area contributed by atoms with Crippen LogP contribution in [0.4, 0.5) is 5.69 Å². The van der Waals surface area contributed by atoms with Crippen LogP contribution in [0.5, 0.6) is 5.75 Å². The molecule has 1 atom stereocenters. The van der Waals surface area contributed by atoms with E-state index in [4.69, 9.17) is 27.9 Å². The predicted octanol–water partition coefficient (Wildman–Crippen LogP) is 5.84. The van der Waals surface area contributed by atoms with Crippen molar-refractivity contribution >= 4 is 50.7 Å². The van der Waals surface area contributed by atoms with Gasteiger partial charge in [-0.05, 0) is 68.3 Å². The SMILES string of the molecule is CCCCNC(=O)[C@@H](C)N(Cc1ccc(Cl)cc1)C(=O)CN(c1ccc(OC)c(Cl)c1)S(=O)(=O)c1ccc(C)cc1. The van der Waals surface area contributed by atoms with E-state index in [0.29, 0.717) is 17.3 Å². The Morgan fingerprint density at radius 2 is 1.66 bits per heavy atom. The number of anilines is 1. The highest BCUT2D eigenvalue weighted by atomic mass is 35.5. The smallest absolute Gasteiger partial charge is 0.264 e. The van der Waals surface area contributed by atoms with E-state index in [2.05, 4.69) is 5.32 Å². The minimum absolute atomic E-state index is 0.0115. The summed E-state index contributed by atoms with van der Waals surface area (Å²) in [6.45, 7) is 5.46. The fourth-order valence-corrected chi connectivity index (χ4v) is 5.87. The Hall–Kier alpha value is -3.27. The number of ether oxygens (including phenoxy) is 1. The van der Waals surface area contributed by atoms with Crippen molar-refractivity contribution in [1.29, 1.82) is 0 Å². The molecule has 3 aromatic rings. The largest absolute Gasteiger partial charge is 0.495 e. The van der Waals surface area contributed by atoms with Crippen LogP contribution in [-0.2, 0) is 26.2 Å². The number of sulfonamides is 1. The molecule has 11 heteroatoms. The highest BCUT2D eigenvalue weighted by Gasteiger charge is 2.32. The first-order valence-electron chi connectivity index (χ1n) is 13.2. The number of nitrogens with zero attached hydrogens (tertiary/aromatic N) is 2. The molecule has 3 rings (SSSR count). The maximum absolute atomic E-state index is 14.0. The number of carbonyl (C=O) groups excluding carboxylic acids is 2. The molecule has 0 aromatic heterocycles. The van der Waals surface area contributed by atoms with Crippen molar-refractivity contribution in [2.75, 3.05) is 24.5 Å². The summed E-state index contributed by atoms with van der Waals surface area (Å²) in [4.78, 5) is 28.4. The van der Waals surface area contributed by atoms with Gasteiger partial charge in [-0.15, -0.1) is 0 Å². The molecular formula is C30H35Cl2N3O5S. The fraction of sp³-hybridized carbons (Fsp3) is 0.333. The van der Waals surface area contributed by atoms with Gasteiger partial charge >= 0.3 is 0 Å². The van der Waals surface area contributed by atoms with Gasteiger partial charge in [0.1, 0.15) is 18.3 Å². The first kappa shape index (κ1) is 32.2. The fourth-order valence-electron chi connectivity index (χ4n) is 4.08. The lowest BCUT2D eigenvalue weighted by molar-refractivity contribution is -0.139. The molecular weight excluding hydrogens is 585 g/mol. The first-order chi connectivity index (χ1) is 19.5. The molecule has 0 bridgehead atoms. The molecule has 8 nitrogen and oxygen atoms in total. The summed E-state index contributed by atoms with van der Waals surface area (Å²) in [7, 11) is -2.76. The van der Waals surface area contributed by atoms with Gasteiger partial charge in [0.2, 0.25) is 11.8 Å². The number of rotatable bonds is 13. The second kappa shape index (κ2) is 14.6. The summed E-state index contributed by atoms with van der Waals surface area (Å²) in [6, 6.07) is 16.9. The van der Waals surface area contributed by atoms with Crippen LogP contribution in [0, 0.1) is 6.92 Å². The van der Waals surface area contributed by atoms with Crippen molar-refractivity contribution in [2.24, 2.45) is 0 Å². The molecule has 0 saturated carbocycles. The molecule has 3 aromatic carbocycles. The van der Waals surface area contributed by atoms with Gasteiger partial charge in [-0.25, -0.2) is 8.42 Å². The average molecular weight is 621 g/mol. The summed E-state index contributed by atoms with van der Waals surface area (Å²) in [5.41, 5.74) is 1.80. The van der Waals surface area contributed by atoms with Crippen LogP contribution in [0.25, 0.3) is 0 Å². The van der Waals surface area contributed by atoms with E-state index >= 15 is 0 Å². The van der Waals surface area contributed by atoms with Gasteiger partial charge in [-0.1, -0.05) is 66.4 Å². The lowest BCUT2D eigenvalue weighted by atomic mass is 10.1. The van der Waals surface area contributed by atoms with E-state index in [9.17, 15) is 18.0 Å². The lowest BCUT2D eigenvalue weighted by Gasteiger charge is -2.32. The van der Waals surface area contributed by atoms with Gasteiger partial charge < -0.3 is 15.0 Å². The molecule has 0 saturated heterocycles. The number of halogens is 2. The normalized spacial score (nSPS) is 12.0. The third kappa shape index (κ3) is 8.38. The van der Waals surface area contributed by atoms with Crippen molar-refractivity contribution in [3.63, 3.8) is 0 Å². The van der Waals surface area contributed by atoms with Gasteiger partial charge in [-0.3, -0.25) is 13.9 Å². The van der Waals surface area contributed by atoms with Gasteiger partial charge in [0, 0.05) is 18.1 Å². The maximum Gasteiger partial charge on any atom is 0.264 e. The van der Waals surface area contributed by atoms with E-state index in [1.54, 1.807) is 43.3 Å². The zero-order valence-electron chi connectivity index (χ0n) is 23.6. The molecule has 0 spiro atoms. The second-order valence-corrected chi connectivity index (χ2v) is 12.3. The van der Waals surface area contributed by atoms with E-state index in [-0.39, 0.29) is 28.1 Å². The predicted molar refractivity (Wildman–Crippen MR) is 163 cm³/mol. The third-order valence-electron chi connectivity index (χ3n) is 6.57. The van der Waals surface area contributed by atoms with Crippen LogP contribution in [0.15, 0.2) is 71.6 Å². The van der Waals surface area contributed by atoms with Crippen molar-refractivity contribution in [1.82, 2.24) is 10.2 Å². The highest BCUT2D eigenvalue weighted by molar-refractivity contribution is 7.92. The van der Waals surface area contributed by atoms with Crippen LogP contribution < -0.4 is 14.4 Å². The quantitative estimate of drug-likeness (QED) is 0.243. The van der Waals surface area contributed by atoms with Crippen molar-refractivity contribution in [2.45, 2.75) is 51.1 Å². The van der Waals surface area contributed by atoms with Gasteiger partial charge in [0.25, 0.3) is 10.0 Å². The Kier molecular flexibility index (Phi) is 11.5. The summed E-state index contributed by atoms with van der Waals surface area (Å²) in [5, 5.41) is 3.58. The van der Waals surface area contributed by atoms with Crippen LogP contribution in [0.3, 0.4) is 0 Å². The topological polar surface area (TPSA) is 96.0 Å². The van der Waals surface area contributed by atoms with E-state index in [0.717, 1.165) is 28.3 Å². The van der Waals surface area contributed by atoms with Crippen LogP contribution >= 0.6 is 23.2 Å². The zero-order chi connectivity index (χ0) is 30.2. The van der Waals surface area contributed by atoms with Crippen LogP contribution in [0.2, 0.25) is 10.0 Å². The summed E-state index contributed by atoms with van der Waals surface area (Å²) >= 11 is 12.4. The Bertz CT molecular complexity index is 1450. The number of carbonyl (C=O) groups is 2. The summed E-state index contributed by atoms with van der Waals surface area (Å²) < 4.78 is 34.1. The number of aryl methyl sites for hydroxylation is 1. The van der Waals surface area contributed by atoms with Crippen LogP contribution in [0.1, 0.15) is 37.8 Å². The Morgan fingerprint density at radius 1 is 1.00 bits per heavy atom.